The zero-order valence-corrected chi connectivity index (χ0v) is 33.3. The molecule has 62 heavy (non-hydrogen) atoms. The van der Waals surface area contributed by atoms with E-state index in [2.05, 4.69) is 143 Å². The minimum absolute atomic E-state index is 0.488. The van der Waals surface area contributed by atoms with Gasteiger partial charge in [-0.05, 0) is 59.0 Å². The maximum absolute atomic E-state index is 11.1. The number of fused-ring (bicyclic) bond motifs is 8. The van der Waals surface area contributed by atoms with Crippen LogP contribution in [-0.4, -0.2) is 24.1 Å². The lowest BCUT2D eigenvalue weighted by Gasteiger charge is -2.14. The zero-order valence-electron chi connectivity index (χ0n) is 33.3. The van der Waals surface area contributed by atoms with Crippen LogP contribution in [0.15, 0.2) is 206 Å². The smallest absolute Gasteiger partial charge is 0.164 e. The van der Waals surface area contributed by atoms with E-state index in [9.17, 15) is 5.26 Å². The van der Waals surface area contributed by atoms with E-state index >= 15 is 0 Å². The summed E-state index contributed by atoms with van der Waals surface area (Å²) in [5.74, 6) is 1.61. The van der Waals surface area contributed by atoms with Crippen LogP contribution >= 0.6 is 0 Å². The molecule has 3 heterocycles. The van der Waals surface area contributed by atoms with Gasteiger partial charge >= 0.3 is 0 Å². The maximum atomic E-state index is 11.1. The van der Waals surface area contributed by atoms with Crippen molar-refractivity contribution in [2.75, 3.05) is 0 Å². The lowest BCUT2D eigenvalue weighted by atomic mass is 9.99. The Labute approximate surface area is 356 Å². The molecule has 6 heteroatoms. The molecule has 0 fully saturated rings. The van der Waals surface area contributed by atoms with Crippen LogP contribution in [0.1, 0.15) is 5.56 Å². The number of rotatable bonds is 6. The molecule has 0 bridgehead atoms. The van der Waals surface area contributed by atoms with Crippen LogP contribution in [0.25, 0.3) is 111 Å². The van der Waals surface area contributed by atoms with Gasteiger partial charge in [0, 0.05) is 43.6 Å². The van der Waals surface area contributed by atoms with Crippen molar-refractivity contribution in [3.63, 3.8) is 0 Å². The van der Waals surface area contributed by atoms with Crippen molar-refractivity contribution >= 4 is 54.4 Å². The second-order valence-electron chi connectivity index (χ2n) is 15.5. The Kier molecular flexibility index (Phi) is 8.12. The summed E-state index contributed by atoms with van der Waals surface area (Å²) in [6.45, 7) is 0. The Balaban J connectivity index is 1.10. The maximum Gasteiger partial charge on any atom is 0.164 e. The molecule has 0 aliphatic heterocycles. The Morgan fingerprint density at radius 2 is 0.968 bits per heavy atom. The third kappa shape index (κ3) is 5.53. The SMILES string of the molecule is N#Cc1cc(-c2nc(-c3ccccc3)nc(-c3ccccc3-c3ccccc3)n2)ccc1-n1c2ccccc2c2ccc3c(c4ccccc4n3-c3cccc4ccccc34)c21. The van der Waals surface area contributed by atoms with Crippen LogP contribution in [0.3, 0.4) is 0 Å². The Morgan fingerprint density at radius 1 is 0.371 bits per heavy atom. The van der Waals surface area contributed by atoms with Crippen molar-refractivity contribution in [1.29, 1.82) is 5.26 Å². The number of para-hydroxylation sites is 2. The molecule has 9 aromatic carbocycles. The highest BCUT2D eigenvalue weighted by Crippen LogP contribution is 2.43. The molecule has 3 aromatic heterocycles. The molecule has 0 aliphatic carbocycles. The van der Waals surface area contributed by atoms with Crippen LogP contribution < -0.4 is 0 Å². The molecule has 0 N–H and O–H groups in total. The normalized spacial score (nSPS) is 11.5. The largest absolute Gasteiger partial charge is 0.309 e. The number of benzene rings is 9. The topological polar surface area (TPSA) is 72.3 Å². The highest BCUT2D eigenvalue weighted by atomic mass is 15.0. The van der Waals surface area contributed by atoms with E-state index in [0.29, 0.717) is 23.0 Å². The lowest BCUT2D eigenvalue weighted by Crippen LogP contribution is -2.02. The summed E-state index contributed by atoms with van der Waals surface area (Å²) in [5, 5.41) is 17.9. The Morgan fingerprint density at radius 3 is 1.74 bits per heavy atom. The molecule has 0 unspecified atom stereocenters. The van der Waals surface area contributed by atoms with Gasteiger partial charge in [0.25, 0.3) is 0 Å². The summed E-state index contributed by atoms with van der Waals surface area (Å²) in [5.41, 5.74) is 11.3. The zero-order chi connectivity index (χ0) is 41.1. The summed E-state index contributed by atoms with van der Waals surface area (Å²) in [4.78, 5) is 15.3. The first-order valence-corrected chi connectivity index (χ1v) is 20.7. The predicted octanol–water partition coefficient (Wildman–Crippen LogP) is 13.8. The quantitative estimate of drug-likeness (QED) is 0.168. The molecule has 0 saturated carbocycles. The first kappa shape index (κ1) is 35.3. The van der Waals surface area contributed by atoms with Crippen molar-refractivity contribution in [2.24, 2.45) is 0 Å². The van der Waals surface area contributed by atoms with E-state index in [0.717, 1.165) is 82.8 Å². The van der Waals surface area contributed by atoms with Gasteiger partial charge in [-0.2, -0.15) is 5.26 Å². The Bertz CT molecular complexity index is 3760. The molecule has 0 saturated heterocycles. The minimum atomic E-state index is 0.488. The Hall–Kier alpha value is -8.66. The van der Waals surface area contributed by atoms with E-state index in [-0.39, 0.29) is 0 Å². The fourth-order valence-electron chi connectivity index (χ4n) is 9.27. The molecule has 0 amide bonds. The minimum Gasteiger partial charge on any atom is -0.309 e. The molecule has 288 valence electrons. The van der Waals surface area contributed by atoms with Gasteiger partial charge in [0.1, 0.15) is 6.07 Å². The fourth-order valence-corrected chi connectivity index (χ4v) is 9.27. The molecule has 12 rings (SSSR count). The van der Waals surface area contributed by atoms with E-state index in [1.807, 2.05) is 78.9 Å². The van der Waals surface area contributed by atoms with Gasteiger partial charge in [0.05, 0.1) is 39.0 Å². The van der Waals surface area contributed by atoms with Crippen molar-refractivity contribution < 1.29 is 0 Å². The first-order chi connectivity index (χ1) is 30.7. The fraction of sp³-hybridized carbons (Fsp3) is 0. The summed E-state index contributed by atoms with van der Waals surface area (Å²) >= 11 is 0. The standard InChI is InChI=1S/C56H34N6/c57-35-40-34-39(55-58-54(38-19-5-2-6-20-38)59-56(60-55)45-25-10-9-22-41(45)36-16-3-1-4-17-36)30-32-47(40)62-49-27-13-11-24-43(49)44-31-33-51-52(53(44)62)46-26-12-14-28-50(46)61(51)48-29-15-21-37-18-7-8-23-42(37)48/h1-34H. The number of nitriles is 1. The molecular weight excluding hydrogens is 757 g/mol. The number of hydrogen-bond donors (Lipinski definition) is 0. The first-order valence-electron chi connectivity index (χ1n) is 20.7. The summed E-state index contributed by atoms with van der Waals surface area (Å²) in [7, 11) is 0. The van der Waals surface area contributed by atoms with E-state index < -0.39 is 0 Å². The van der Waals surface area contributed by atoms with Gasteiger partial charge in [-0.1, -0.05) is 164 Å². The molecule has 0 spiro atoms. The highest BCUT2D eigenvalue weighted by molar-refractivity contribution is 6.26. The van der Waals surface area contributed by atoms with E-state index in [1.165, 1.54) is 10.8 Å². The molecular formula is C56H34N6. The van der Waals surface area contributed by atoms with Crippen LogP contribution in [0, 0.1) is 11.3 Å². The number of hydrogen-bond acceptors (Lipinski definition) is 4. The van der Waals surface area contributed by atoms with Crippen molar-refractivity contribution in [1.82, 2.24) is 24.1 Å². The van der Waals surface area contributed by atoms with Crippen molar-refractivity contribution in [3.05, 3.63) is 212 Å². The molecule has 0 radical (unpaired) electrons. The third-order valence-corrected chi connectivity index (χ3v) is 12.0. The van der Waals surface area contributed by atoms with Gasteiger partial charge in [-0.25, -0.2) is 15.0 Å². The van der Waals surface area contributed by atoms with Crippen molar-refractivity contribution in [2.45, 2.75) is 0 Å². The average molecular weight is 791 g/mol. The van der Waals surface area contributed by atoms with Crippen LogP contribution in [0.5, 0.6) is 0 Å². The number of nitrogens with zero attached hydrogens (tertiary/aromatic N) is 6. The predicted molar refractivity (Wildman–Crippen MR) is 252 cm³/mol. The monoisotopic (exact) mass is 790 g/mol. The van der Waals surface area contributed by atoms with Crippen LogP contribution in [-0.2, 0) is 0 Å². The van der Waals surface area contributed by atoms with Gasteiger partial charge < -0.3 is 9.13 Å². The van der Waals surface area contributed by atoms with Gasteiger partial charge in [0.15, 0.2) is 17.5 Å². The highest BCUT2D eigenvalue weighted by Gasteiger charge is 2.23. The summed E-state index contributed by atoms with van der Waals surface area (Å²) in [6.07, 6.45) is 0. The molecule has 0 atom stereocenters. The second kappa shape index (κ2) is 14.3. The van der Waals surface area contributed by atoms with Crippen molar-refractivity contribution in [3.8, 4) is 62.7 Å². The summed E-state index contributed by atoms with van der Waals surface area (Å²) in [6, 6.07) is 73.7. The van der Waals surface area contributed by atoms with E-state index in [1.54, 1.807) is 0 Å². The third-order valence-electron chi connectivity index (χ3n) is 12.0. The van der Waals surface area contributed by atoms with Gasteiger partial charge in [0.2, 0.25) is 0 Å². The average Bonchev–Trinajstić information content (AvgIpc) is 3.87. The van der Waals surface area contributed by atoms with Gasteiger partial charge in [-0.15, -0.1) is 0 Å². The lowest BCUT2D eigenvalue weighted by molar-refractivity contribution is 1.07. The van der Waals surface area contributed by atoms with Gasteiger partial charge in [-0.3, -0.25) is 0 Å². The second-order valence-corrected chi connectivity index (χ2v) is 15.5. The molecule has 0 aliphatic rings. The van der Waals surface area contributed by atoms with E-state index in [4.69, 9.17) is 15.0 Å². The molecule has 6 nitrogen and oxygen atoms in total. The van der Waals surface area contributed by atoms with Crippen LogP contribution in [0.4, 0.5) is 0 Å². The number of aromatic nitrogens is 5. The van der Waals surface area contributed by atoms with Crippen LogP contribution in [0.2, 0.25) is 0 Å². The molecule has 12 aromatic rings. The summed E-state index contributed by atoms with van der Waals surface area (Å²) < 4.78 is 4.67.